The van der Waals surface area contributed by atoms with Crippen LogP contribution in [0.4, 0.5) is 5.82 Å². The molecule has 0 radical (unpaired) electrons. The van der Waals surface area contributed by atoms with Crippen LogP contribution in [0.1, 0.15) is 22.3 Å². The Morgan fingerprint density at radius 3 is 2.74 bits per heavy atom. The van der Waals surface area contributed by atoms with E-state index in [9.17, 15) is 4.79 Å². The lowest BCUT2D eigenvalue weighted by Gasteiger charge is -2.01. The largest absolute Gasteiger partial charge is 0.395 e. The van der Waals surface area contributed by atoms with E-state index in [0.717, 1.165) is 5.56 Å². The van der Waals surface area contributed by atoms with Crippen LogP contribution < -0.4 is 5.32 Å². The van der Waals surface area contributed by atoms with E-state index in [1.807, 2.05) is 0 Å². The van der Waals surface area contributed by atoms with E-state index in [2.05, 4.69) is 26.8 Å². The monoisotopic (exact) mass is 256 g/mol. The minimum Gasteiger partial charge on any atom is -0.395 e. The number of aromatic nitrogens is 1. The highest BCUT2D eigenvalue weighted by Crippen LogP contribution is 2.07. The van der Waals surface area contributed by atoms with Gasteiger partial charge in [0.25, 0.3) is 5.91 Å². The maximum absolute atomic E-state index is 11.8. The van der Waals surface area contributed by atoms with Gasteiger partial charge in [0.05, 0.1) is 6.61 Å². The Balaban J connectivity index is 2.02. The van der Waals surface area contributed by atoms with Crippen molar-refractivity contribution < 1.29 is 14.4 Å². The van der Waals surface area contributed by atoms with Crippen LogP contribution in [0.3, 0.4) is 0 Å². The number of hydrogen-bond donors (Lipinski definition) is 2. The molecular weight excluding hydrogens is 244 g/mol. The minimum atomic E-state index is -0.260. The number of aliphatic hydroxyl groups excluding tert-OH is 1. The summed E-state index contributed by atoms with van der Waals surface area (Å²) >= 11 is 0. The molecule has 1 aromatic carbocycles. The number of nitrogens with zero attached hydrogens (tertiary/aromatic N) is 1. The van der Waals surface area contributed by atoms with Gasteiger partial charge in [-0.25, -0.2) is 0 Å². The van der Waals surface area contributed by atoms with Crippen molar-refractivity contribution >= 4 is 11.7 Å². The Morgan fingerprint density at radius 1 is 1.32 bits per heavy atom. The third kappa shape index (κ3) is 3.69. The normalized spacial score (nSPS) is 9.53. The second-order valence-electron chi connectivity index (χ2n) is 3.69. The zero-order valence-electron chi connectivity index (χ0n) is 10.1. The Kier molecular flexibility index (Phi) is 4.32. The number of nitrogens with one attached hydrogen (secondary N) is 1. The van der Waals surface area contributed by atoms with E-state index in [1.54, 1.807) is 30.3 Å². The van der Waals surface area contributed by atoms with Gasteiger partial charge < -0.3 is 14.9 Å². The van der Waals surface area contributed by atoms with Crippen molar-refractivity contribution in [3.8, 4) is 11.8 Å². The maximum Gasteiger partial charge on any atom is 0.256 e. The van der Waals surface area contributed by atoms with Gasteiger partial charge in [-0.05, 0) is 24.3 Å². The van der Waals surface area contributed by atoms with Crippen LogP contribution in [0, 0.1) is 11.8 Å². The van der Waals surface area contributed by atoms with Crippen LogP contribution in [0.25, 0.3) is 0 Å². The number of aliphatic hydroxyl groups is 1. The van der Waals surface area contributed by atoms with Crippen LogP contribution in [0.2, 0.25) is 0 Å². The maximum atomic E-state index is 11.8. The fourth-order valence-corrected chi connectivity index (χ4v) is 1.39. The summed E-state index contributed by atoms with van der Waals surface area (Å²) < 4.78 is 4.62. The fourth-order valence-electron chi connectivity index (χ4n) is 1.39. The first-order valence-corrected chi connectivity index (χ1v) is 5.71. The van der Waals surface area contributed by atoms with Gasteiger partial charge >= 0.3 is 0 Å². The highest BCUT2D eigenvalue weighted by Gasteiger charge is 2.06. The van der Waals surface area contributed by atoms with Crippen molar-refractivity contribution in [1.82, 2.24) is 5.16 Å². The van der Waals surface area contributed by atoms with Crippen molar-refractivity contribution in [2.75, 3.05) is 11.9 Å². The minimum absolute atomic E-state index is 0.0468. The molecule has 2 rings (SSSR count). The lowest BCUT2D eigenvalue weighted by Crippen LogP contribution is -2.11. The summed E-state index contributed by atoms with van der Waals surface area (Å²) in [6, 6.07) is 8.42. The SMILES string of the molecule is O=C(Nc1ccon1)c1ccc(C#CCCO)cc1. The predicted molar refractivity (Wildman–Crippen MR) is 69.5 cm³/mol. The second kappa shape index (κ2) is 6.38. The lowest BCUT2D eigenvalue weighted by atomic mass is 10.1. The van der Waals surface area contributed by atoms with Gasteiger partial charge in [0, 0.05) is 23.6 Å². The van der Waals surface area contributed by atoms with Gasteiger partial charge in [-0.2, -0.15) is 0 Å². The first-order valence-electron chi connectivity index (χ1n) is 5.71. The average Bonchev–Trinajstić information content (AvgIpc) is 2.93. The van der Waals surface area contributed by atoms with Gasteiger partial charge in [0.1, 0.15) is 6.26 Å². The third-order valence-corrected chi connectivity index (χ3v) is 2.30. The quantitative estimate of drug-likeness (QED) is 0.819. The highest BCUT2D eigenvalue weighted by atomic mass is 16.5. The second-order valence-corrected chi connectivity index (χ2v) is 3.69. The molecule has 19 heavy (non-hydrogen) atoms. The summed E-state index contributed by atoms with van der Waals surface area (Å²) in [5.74, 6) is 5.81. The van der Waals surface area contributed by atoms with Gasteiger partial charge in [-0.15, -0.1) is 0 Å². The number of carbonyl (C=O) groups is 1. The standard InChI is InChI=1S/C14H12N2O3/c17-9-2-1-3-11-4-6-12(7-5-11)14(18)15-13-8-10-19-16-13/h4-8,10,17H,2,9H2,(H,15,16,18). The molecule has 0 bridgehead atoms. The molecule has 1 amide bonds. The zero-order chi connectivity index (χ0) is 13.5. The molecule has 2 aromatic rings. The van der Waals surface area contributed by atoms with E-state index < -0.39 is 0 Å². The van der Waals surface area contributed by atoms with Crippen molar-refractivity contribution in [3.63, 3.8) is 0 Å². The Hall–Kier alpha value is -2.58. The Morgan fingerprint density at radius 2 is 2.11 bits per heavy atom. The van der Waals surface area contributed by atoms with Crippen LogP contribution in [-0.4, -0.2) is 22.8 Å². The summed E-state index contributed by atoms with van der Waals surface area (Å²) in [5, 5.41) is 14.8. The number of benzene rings is 1. The molecule has 96 valence electrons. The van der Waals surface area contributed by atoms with Gasteiger partial charge in [0.2, 0.25) is 0 Å². The van der Waals surface area contributed by atoms with E-state index in [0.29, 0.717) is 17.8 Å². The molecule has 0 saturated carbocycles. The summed E-state index contributed by atoms with van der Waals surface area (Å²) in [4.78, 5) is 11.8. The van der Waals surface area contributed by atoms with Gasteiger partial charge in [-0.3, -0.25) is 4.79 Å². The topological polar surface area (TPSA) is 75.4 Å². The molecule has 0 aliphatic heterocycles. The van der Waals surface area contributed by atoms with Crippen LogP contribution >= 0.6 is 0 Å². The molecule has 2 N–H and O–H groups in total. The fraction of sp³-hybridized carbons (Fsp3) is 0.143. The molecule has 0 fully saturated rings. The van der Waals surface area contributed by atoms with E-state index >= 15 is 0 Å². The molecule has 0 aliphatic carbocycles. The Labute approximate surface area is 110 Å². The van der Waals surface area contributed by atoms with Crippen molar-refractivity contribution in [1.29, 1.82) is 0 Å². The van der Waals surface area contributed by atoms with Crippen LogP contribution in [-0.2, 0) is 0 Å². The van der Waals surface area contributed by atoms with Crippen molar-refractivity contribution in [2.45, 2.75) is 6.42 Å². The molecule has 1 heterocycles. The summed E-state index contributed by atoms with van der Waals surface area (Å²) in [6.45, 7) is 0.0468. The van der Waals surface area contributed by atoms with E-state index in [4.69, 9.17) is 5.11 Å². The van der Waals surface area contributed by atoms with Crippen LogP contribution in [0.15, 0.2) is 41.1 Å². The average molecular weight is 256 g/mol. The van der Waals surface area contributed by atoms with Crippen molar-refractivity contribution in [3.05, 3.63) is 47.7 Å². The number of anilines is 1. The zero-order valence-corrected chi connectivity index (χ0v) is 10.1. The summed E-state index contributed by atoms with van der Waals surface area (Å²) in [5.41, 5.74) is 1.31. The molecule has 0 atom stereocenters. The molecule has 1 aromatic heterocycles. The smallest absolute Gasteiger partial charge is 0.256 e. The molecular formula is C14H12N2O3. The van der Waals surface area contributed by atoms with Crippen molar-refractivity contribution in [2.24, 2.45) is 0 Å². The molecule has 0 spiro atoms. The molecule has 0 aliphatic rings. The predicted octanol–water partition coefficient (Wildman–Crippen LogP) is 1.66. The number of carbonyl (C=O) groups excluding carboxylic acids is 1. The molecule has 5 nitrogen and oxygen atoms in total. The lowest BCUT2D eigenvalue weighted by molar-refractivity contribution is 0.102. The molecule has 0 unspecified atom stereocenters. The number of hydrogen-bond acceptors (Lipinski definition) is 4. The highest BCUT2D eigenvalue weighted by molar-refractivity contribution is 6.03. The first-order chi connectivity index (χ1) is 9.29. The molecule has 0 saturated heterocycles. The Bertz CT molecular complexity index is 592. The first kappa shape index (κ1) is 12.9. The summed E-state index contributed by atoms with van der Waals surface area (Å²) in [6.07, 6.45) is 1.82. The molecule has 5 heteroatoms. The van der Waals surface area contributed by atoms with Gasteiger partial charge in [0.15, 0.2) is 5.82 Å². The number of rotatable bonds is 3. The van der Waals surface area contributed by atoms with Gasteiger partial charge in [-0.1, -0.05) is 17.0 Å². The van der Waals surface area contributed by atoms with Crippen LogP contribution in [0.5, 0.6) is 0 Å². The van der Waals surface area contributed by atoms with E-state index in [-0.39, 0.29) is 12.5 Å². The summed E-state index contributed by atoms with van der Waals surface area (Å²) in [7, 11) is 0. The van der Waals surface area contributed by atoms with E-state index in [1.165, 1.54) is 6.26 Å². The third-order valence-electron chi connectivity index (χ3n) is 2.30. The number of amides is 1.